The number of halogens is 2. The average Bonchev–Trinajstić information content (AvgIpc) is 2.65. The predicted octanol–water partition coefficient (Wildman–Crippen LogP) is 3.90. The molecule has 0 fully saturated rings. The first-order chi connectivity index (χ1) is 8.42. The van der Waals surface area contributed by atoms with Gasteiger partial charge in [0.25, 0.3) is 0 Å². The fraction of sp³-hybridized carbons (Fsp3) is 0.462. The highest BCUT2D eigenvalue weighted by atomic mass is 127. The summed E-state index contributed by atoms with van der Waals surface area (Å²) in [5.74, 6) is 0.233. The second kappa shape index (κ2) is 4.68. The summed E-state index contributed by atoms with van der Waals surface area (Å²) in [5.41, 5.74) is 7.42. The van der Waals surface area contributed by atoms with Crippen LogP contribution in [0.3, 0.4) is 0 Å². The molecule has 0 bridgehead atoms. The second-order valence-electron chi connectivity index (χ2n) is 4.76. The van der Waals surface area contributed by atoms with Crippen LogP contribution in [0.15, 0.2) is 12.1 Å². The van der Waals surface area contributed by atoms with E-state index in [9.17, 15) is 4.39 Å². The van der Waals surface area contributed by atoms with Gasteiger partial charge in [-0.1, -0.05) is 13.8 Å². The van der Waals surface area contributed by atoms with E-state index in [4.69, 9.17) is 5.73 Å². The smallest absolute Gasteiger partial charge is 0.201 e. The molecule has 0 aliphatic carbocycles. The Kier molecular flexibility index (Phi) is 3.53. The molecule has 98 valence electrons. The first-order valence-electron chi connectivity index (χ1n) is 6.06. The maximum atomic E-state index is 13.7. The molecule has 1 aromatic heterocycles. The number of nitrogen functional groups attached to an aromatic ring is 1. The zero-order chi connectivity index (χ0) is 13.5. The Hall–Kier alpha value is -0.850. The summed E-state index contributed by atoms with van der Waals surface area (Å²) >= 11 is 1.97. The molecule has 2 N–H and O–H groups in total. The van der Waals surface area contributed by atoms with E-state index in [1.807, 2.05) is 27.2 Å². The van der Waals surface area contributed by atoms with Gasteiger partial charge in [0.15, 0.2) is 0 Å². The third-order valence-corrected chi connectivity index (χ3v) is 4.61. The van der Waals surface area contributed by atoms with Crippen molar-refractivity contribution in [3.8, 4) is 0 Å². The van der Waals surface area contributed by atoms with E-state index >= 15 is 0 Å². The van der Waals surface area contributed by atoms with Crippen molar-refractivity contribution >= 4 is 39.6 Å². The fourth-order valence-corrected chi connectivity index (χ4v) is 2.68. The lowest BCUT2D eigenvalue weighted by molar-refractivity contribution is 0.307. The molecule has 1 aromatic carbocycles. The highest BCUT2D eigenvalue weighted by Gasteiger charge is 2.27. The molecule has 3 nitrogen and oxygen atoms in total. The molecule has 5 heteroatoms. The van der Waals surface area contributed by atoms with E-state index < -0.39 is 0 Å². The Morgan fingerprint density at radius 3 is 2.56 bits per heavy atom. The summed E-state index contributed by atoms with van der Waals surface area (Å²) in [6.45, 7) is 6.34. The maximum absolute atomic E-state index is 13.7. The van der Waals surface area contributed by atoms with Gasteiger partial charge in [-0.25, -0.2) is 9.37 Å². The standard InChI is InChI=1S/C13H17FIN3/c1-4-13(3,5-2)18-11-6-8(14)9(15)7-10(11)17-12(18)16/h6-7H,4-5H2,1-3H3,(H2,16,17). The first-order valence-corrected chi connectivity index (χ1v) is 7.14. The lowest BCUT2D eigenvalue weighted by Gasteiger charge is -2.30. The van der Waals surface area contributed by atoms with E-state index in [1.165, 1.54) is 6.07 Å². The van der Waals surface area contributed by atoms with Crippen LogP contribution in [0.25, 0.3) is 11.0 Å². The maximum Gasteiger partial charge on any atom is 0.201 e. The number of fused-ring (bicyclic) bond motifs is 1. The predicted molar refractivity (Wildman–Crippen MR) is 81.1 cm³/mol. The van der Waals surface area contributed by atoms with Crippen molar-refractivity contribution in [3.63, 3.8) is 0 Å². The van der Waals surface area contributed by atoms with Gasteiger partial charge in [0.2, 0.25) is 5.95 Å². The van der Waals surface area contributed by atoms with Crippen molar-refractivity contribution in [2.45, 2.75) is 39.2 Å². The first kappa shape index (κ1) is 13.6. The van der Waals surface area contributed by atoms with Gasteiger partial charge in [-0.05, 0) is 48.4 Å². The second-order valence-corrected chi connectivity index (χ2v) is 5.93. The normalized spacial score (nSPS) is 12.3. The Morgan fingerprint density at radius 2 is 2.00 bits per heavy atom. The largest absolute Gasteiger partial charge is 0.369 e. The van der Waals surface area contributed by atoms with Crippen LogP contribution in [0, 0.1) is 9.39 Å². The van der Waals surface area contributed by atoms with Gasteiger partial charge >= 0.3 is 0 Å². The van der Waals surface area contributed by atoms with E-state index in [-0.39, 0.29) is 11.4 Å². The van der Waals surface area contributed by atoms with E-state index in [0.717, 1.165) is 23.9 Å². The molecule has 18 heavy (non-hydrogen) atoms. The van der Waals surface area contributed by atoms with E-state index in [0.29, 0.717) is 9.52 Å². The lowest BCUT2D eigenvalue weighted by atomic mass is 9.95. The topological polar surface area (TPSA) is 43.8 Å². The van der Waals surface area contributed by atoms with Crippen LogP contribution in [0.5, 0.6) is 0 Å². The molecule has 0 spiro atoms. The van der Waals surface area contributed by atoms with E-state index in [2.05, 4.69) is 25.8 Å². The Labute approximate surface area is 120 Å². The van der Waals surface area contributed by atoms with Gasteiger partial charge in [-0.3, -0.25) is 0 Å². The van der Waals surface area contributed by atoms with Crippen molar-refractivity contribution in [3.05, 3.63) is 21.5 Å². The Bertz CT molecular complexity index is 587. The molecule has 0 aliphatic heterocycles. The number of nitrogens with zero attached hydrogens (tertiary/aromatic N) is 2. The minimum atomic E-state index is -0.223. The quantitative estimate of drug-likeness (QED) is 0.843. The van der Waals surface area contributed by atoms with Gasteiger partial charge in [0.05, 0.1) is 14.6 Å². The monoisotopic (exact) mass is 361 g/mol. The number of nitrogens with two attached hydrogens (primary N) is 1. The molecule has 2 aromatic rings. The summed E-state index contributed by atoms with van der Waals surface area (Å²) in [6, 6.07) is 3.27. The summed E-state index contributed by atoms with van der Waals surface area (Å²) < 4.78 is 16.3. The van der Waals surface area contributed by atoms with Crippen LogP contribution in [-0.4, -0.2) is 9.55 Å². The zero-order valence-electron chi connectivity index (χ0n) is 10.8. The van der Waals surface area contributed by atoms with Crippen LogP contribution in [0.2, 0.25) is 0 Å². The molecule has 0 amide bonds. The molecular weight excluding hydrogens is 344 g/mol. The number of anilines is 1. The molecule has 0 unspecified atom stereocenters. The van der Waals surface area contributed by atoms with Crippen LogP contribution in [0.4, 0.5) is 10.3 Å². The van der Waals surface area contributed by atoms with Crippen LogP contribution >= 0.6 is 22.6 Å². The number of hydrogen-bond acceptors (Lipinski definition) is 2. The molecule has 0 saturated heterocycles. The molecule has 0 atom stereocenters. The van der Waals surface area contributed by atoms with Gasteiger partial charge in [-0.15, -0.1) is 0 Å². The average molecular weight is 361 g/mol. The third kappa shape index (κ3) is 1.98. The summed E-state index contributed by atoms with van der Waals surface area (Å²) in [5, 5.41) is 0. The fourth-order valence-electron chi connectivity index (χ4n) is 2.22. The summed E-state index contributed by atoms with van der Waals surface area (Å²) in [4.78, 5) is 4.35. The molecule has 1 heterocycles. The molecule has 0 saturated carbocycles. The third-order valence-electron chi connectivity index (χ3n) is 3.79. The Morgan fingerprint density at radius 1 is 1.39 bits per heavy atom. The number of benzene rings is 1. The van der Waals surface area contributed by atoms with E-state index in [1.54, 1.807) is 6.07 Å². The van der Waals surface area contributed by atoms with Crippen molar-refractivity contribution in [1.29, 1.82) is 0 Å². The molecular formula is C13H17FIN3. The van der Waals surface area contributed by atoms with Crippen LogP contribution in [-0.2, 0) is 5.54 Å². The zero-order valence-corrected chi connectivity index (χ0v) is 13.0. The van der Waals surface area contributed by atoms with Crippen molar-refractivity contribution in [1.82, 2.24) is 9.55 Å². The van der Waals surface area contributed by atoms with Crippen molar-refractivity contribution < 1.29 is 4.39 Å². The van der Waals surface area contributed by atoms with Gasteiger partial charge in [0, 0.05) is 11.6 Å². The van der Waals surface area contributed by atoms with Crippen molar-refractivity contribution in [2.75, 3.05) is 5.73 Å². The lowest BCUT2D eigenvalue weighted by Crippen LogP contribution is -2.29. The SMILES string of the molecule is CCC(C)(CC)n1c(N)nc2cc(I)c(F)cc21. The number of hydrogen-bond donors (Lipinski definition) is 1. The Balaban J connectivity index is 2.78. The van der Waals surface area contributed by atoms with Crippen LogP contribution < -0.4 is 5.73 Å². The molecule has 0 radical (unpaired) electrons. The van der Waals surface area contributed by atoms with Gasteiger partial charge < -0.3 is 10.3 Å². The highest BCUT2D eigenvalue weighted by Crippen LogP contribution is 2.33. The number of rotatable bonds is 3. The van der Waals surface area contributed by atoms with Crippen LogP contribution in [0.1, 0.15) is 33.6 Å². The van der Waals surface area contributed by atoms with Gasteiger partial charge in [0.1, 0.15) is 5.82 Å². The minimum absolute atomic E-state index is 0.127. The highest BCUT2D eigenvalue weighted by molar-refractivity contribution is 14.1. The number of aromatic nitrogens is 2. The van der Waals surface area contributed by atoms with Crippen molar-refractivity contribution in [2.24, 2.45) is 0 Å². The number of imidazole rings is 1. The molecule has 2 rings (SSSR count). The minimum Gasteiger partial charge on any atom is -0.369 e. The van der Waals surface area contributed by atoms with Gasteiger partial charge in [-0.2, -0.15) is 0 Å². The summed E-state index contributed by atoms with van der Waals surface area (Å²) in [7, 11) is 0. The molecule has 0 aliphatic rings. The summed E-state index contributed by atoms with van der Waals surface area (Å²) in [6.07, 6.45) is 1.85.